The third-order valence-electron chi connectivity index (χ3n) is 8.59. The molecule has 0 aromatic rings. The summed E-state index contributed by atoms with van der Waals surface area (Å²) < 4.78 is 18.2. The fourth-order valence-corrected chi connectivity index (χ4v) is 7.67. The van der Waals surface area contributed by atoms with Gasteiger partial charge in [-0.3, -0.25) is 0 Å². The van der Waals surface area contributed by atoms with E-state index in [0.29, 0.717) is 16.9 Å². The lowest BCUT2D eigenvalue weighted by atomic mass is 9.44. The summed E-state index contributed by atoms with van der Waals surface area (Å²) in [6, 6.07) is 0. The molecule has 3 aliphatic heterocycles. The minimum Gasteiger partial charge on any atom is -0.422 e. The van der Waals surface area contributed by atoms with Gasteiger partial charge >= 0.3 is 5.97 Å². The number of aliphatic hydroxyl groups is 1. The summed E-state index contributed by atoms with van der Waals surface area (Å²) in [6.45, 7) is 6.96. The van der Waals surface area contributed by atoms with Crippen molar-refractivity contribution in [1.82, 2.24) is 0 Å². The highest BCUT2D eigenvalue weighted by Gasteiger charge is 2.88. The van der Waals surface area contributed by atoms with Crippen molar-refractivity contribution in [2.24, 2.45) is 22.7 Å². The third-order valence-corrected chi connectivity index (χ3v) is 8.59. The van der Waals surface area contributed by atoms with Crippen LogP contribution in [0.3, 0.4) is 0 Å². The van der Waals surface area contributed by atoms with Crippen LogP contribution in [0.4, 0.5) is 0 Å². The summed E-state index contributed by atoms with van der Waals surface area (Å²) in [5, 5.41) is 9.68. The first kappa shape index (κ1) is 15.2. The molecule has 3 heterocycles. The van der Waals surface area contributed by atoms with Crippen molar-refractivity contribution < 1.29 is 24.1 Å². The van der Waals surface area contributed by atoms with E-state index in [9.17, 15) is 9.90 Å². The van der Waals surface area contributed by atoms with Crippen LogP contribution in [0.1, 0.15) is 52.9 Å². The van der Waals surface area contributed by atoms with Crippen molar-refractivity contribution in [2.45, 2.75) is 76.5 Å². The number of carbonyl (C=O) groups is 1. The van der Waals surface area contributed by atoms with Crippen LogP contribution in [0.25, 0.3) is 0 Å². The second-order valence-electron chi connectivity index (χ2n) is 10.0. The van der Waals surface area contributed by atoms with Gasteiger partial charge in [-0.25, -0.2) is 4.79 Å². The van der Waals surface area contributed by atoms with Crippen LogP contribution in [-0.2, 0) is 19.0 Å². The molecule has 6 aliphatic rings. The average Bonchev–Trinajstić information content (AvgIpc) is 3.38. The molecule has 7 atom stereocenters. The van der Waals surface area contributed by atoms with E-state index in [-0.39, 0.29) is 35.7 Å². The maximum atomic E-state index is 12.3. The third kappa shape index (κ3) is 1.45. The highest BCUT2D eigenvalue weighted by molar-refractivity contribution is 5.94. The summed E-state index contributed by atoms with van der Waals surface area (Å²) in [5.74, 6) is -0.417. The maximum Gasteiger partial charge on any atom is 0.339 e. The molecule has 5 fully saturated rings. The van der Waals surface area contributed by atoms with Crippen molar-refractivity contribution in [3.63, 3.8) is 0 Å². The lowest BCUT2D eigenvalue weighted by molar-refractivity contribution is -0.147. The van der Waals surface area contributed by atoms with Crippen LogP contribution in [0.2, 0.25) is 0 Å². The molecule has 2 spiro atoms. The zero-order valence-electron chi connectivity index (χ0n) is 15.1. The minimum absolute atomic E-state index is 0.101. The summed E-state index contributed by atoms with van der Waals surface area (Å²) in [5.41, 5.74) is 1.47. The molecule has 2 saturated heterocycles. The Kier molecular flexibility index (Phi) is 2.43. The summed E-state index contributed by atoms with van der Waals surface area (Å²) >= 11 is 0. The molecule has 0 aromatic carbocycles. The van der Waals surface area contributed by atoms with E-state index in [2.05, 4.69) is 20.8 Å². The molecule has 136 valence electrons. The van der Waals surface area contributed by atoms with E-state index in [4.69, 9.17) is 14.2 Å². The molecule has 0 unspecified atom stereocenters. The SMILES string of the molecule is CC1(C)CCC[C@@]2(C)[C@@H]1CC[C@@]13O[C@@H]1C1=C(CO)C(=O)O[C@]14O[C@@H]4[C@@H]23. The predicted octanol–water partition coefficient (Wildman–Crippen LogP) is 2.32. The number of hydrogen-bond acceptors (Lipinski definition) is 5. The van der Waals surface area contributed by atoms with Gasteiger partial charge < -0.3 is 19.3 Å². The first-order valence-corrected chi connectivity index (χ1v) is 9.73. The first-order chi connectivity index (χ1) is 11.8. The molecule has 25 heavy (non-hydrogen) atoms. The maximum absolute atomic E-state index is 12.3. The predicted molar refractivity (Wildman–Crippen MR) is 87.4 cm³/mol. The van der Waals surface area contributed by atoms with Gasteiger partial charge in [0.05, 0.1) is 12.2 Å². The molecule has 3 aliphatic carbocycles. The molecule has 0 aromatic heterocycles. The van der Waals surface area contributed by atoms with Crippen LogP contribution < -0.4 is 0 Å². The second-order valence-corrected chi connectivity index (χ2v) is 10.0. The van der Waals surface area contributed by atoms with Crippen molar-refractivity contribution in [3.05, 3.63) is 11.1 Å². The molecule has 5 heteroatoms. The Morgan fingerprint density at radius 2 is 1.96 bits per heavy atom. The molecule has 6 rings (SSSR count). The number of fused-ring (bicyclic) bond motifs is 4. The first-order valence-electron chi connectivity index (χ1n) is 9.73. The fourth-order valence-electron chi connectivity index (χ4n) is 7.67. The number of epoxide rings is 2. The quantitative estimate of drug-likeness (QED) is 0.583. The van der Waals surface area contributed by atoms with Crippen molar-refractivity contribution in [1.29, 1.82) is 0 Å². The normalized spacial score (nSPS) is 56.9. The van der Waals surface area contributed by atoms with Gasteiger partial charge in [-0.15, -0.1) is 0 Å². The van der Waals surface area contributed by atoms with E-state index in [1.54, 1.807) is 0 Å². The van der Waals surface area contributed by atoms with Crippen LogP contribution >= 0.6 is 0 Å². The van der Waals surface area contributed by atoms with Gasteiger partial charge in [-0.1, -0.05) is 27.2 Å². The summed E-state index contributed by atoms with van der Waals surface area (Å²) in [4.78, 5) is 12.3. The highest BCUT2D eigenvalue weighted by Crippen LogP contribution is 2.77. The van der Waals surface area contributed by atoms with Crippen molar-refractivity contribution >= 4 is 5.97 Å². The van der Waals surface area contributed by atoms with Gasteiger partial charge in [-0.05, 0) is 42.4 Å². The van der Waals surface area contributed by atoms with Crippen LogP contribution in [0.5, 0.6) is 0 Å². The Bertz CT molecular complexity index is 740. The van der Waals surface area contributed by atoms with E-state index in [0.717, 1.165) is 12.0 Å². The molecule has 5 nitrogen and oxygen atoms in total. The number of esters is 1. The smallest absolute Gasteiger partial charge is 0.339 e. The van der Waals surface area contributed by atoms with Gasteiger partial charge in [0.25, 0.3) is 5.79 Å². The molecular formula is C20H26O5. The standard InChI is InChI=1S/C20H26O5/c1-17(2)6-4-7-18(3)11(17)5-8-19-13(18)15-20(24-15)12(14(19)23-19)10(9-21)16(22)25-20/h11,13-15,21H,4-9H2,1-3H3/t11-,13+,14-,15-,18+,19+,20-/m1/s1. The van der Waals surface area contributed by atoms with Crippen LogP contribution in [0, 0.1) is 22.7 Å². The molecule has 0 radical (unpaired) electrons. The number of ether oxygens (including phenoxy) is 3. The van der Waals surface area contributed by atoms with Crippen molar-refractivity contribution in [2.75, 3.05) is 6.61 Å². The molecule has 0 bridgehead atoms. The van der Waals surface area contributed by atoms with Crippen LogP contribution in [0.15, 0.2) is 11.1 Å². The lowest BCUT2D eigenvalue weighted by Crippen LogP contribution is -2.59. The number of carbonyl (C=O) groups excluding carboxylic acids is 1. The van der Waals surface area contributed by atoms with E-state index < -0.39 is 11.8 Å². The van der Waals surface area contributed by atoms with Gasteiger partial charge in [0.1, 0.15) is 17.8 Å². The Balaban J connectivity index is 1.48. The van der Waals surface area contributed by atoms with Gasteiger partial charge in [0.2, 0.25) is 0 Å². The van der Waals surface area contributed by atoms with E-state index in [1.165, 1.54) is 25.7 Å². The monoisotopic (exact) mass is 346 g/mol. The minimum atomic E-state index is -0.920. The summed E-state index contributed by atoms with van der Waals surface area (Å²) in [6.07, 6.45) is 5.71. The molecule has 3 saturated carbocycles. The Morgan fingerprint density at radius 1 is 1.16 bits per heavy atom. The zero-order valence-corrected chi connectivity index (χ0v) is 15.1. The Morgan fingerprint density at radius 3 is 2.72 bits per heavy atom. The molecule has 1 N–H and O–H groups in total. The highest BCUT2D eigenvalue weighted by atomic mass is 16.8. The molecule has 0 amide bonds. The topological polar surface area (TPSA) is 71.6 Å². The van der Waals surface area contributed by atoms with Crippen LogP contribution in [-0.4, -0.2) is 41.3 Å². The number of aliphatic hydroxyl groups excluding tert-OH is 1. The van der Waals surface area contributed by atoms with Gasteiger partial charge in [0, 0.05) is 11.5 Å². The molecular weight excluding hydrogens is 320 g/mol. The summed E-state index contributed by atoms with van der Waals surface area (Å²) in [7, 11) is 0. The average molecular weight is 346 g/mol. The fraction of sp³-hybridized carbons (Fsp3) is 0.850. The zero-order chi connectivity index (χ0) is 17.4. The van der Waals surface area contributed by atoms with E-state index in [1.807, 2.05) is 0 Å². The van der Waals surface area contributed by atoms with Crippen molar-refractivity contribution in [3.8, 4) is 0 Å². The lowest BCUT2D eigenvalue weighted by Gasteiger charge is -2.59. The van der Waals surface area contributed by atoms with Gasteiger partial charge in [0.15, 0.2) is 0 Å². The Labute approximate surface area is 147 Å². The Hall–Kier alpha value is -0.910. The number of rotatable bonds is 1. The van der Waals surface area contributed by atoms with Gasteiger partial charge in [-0.2, -0.15) is 0 Å². The number of hydrogen-bond donors (Lipinski definition) is 1. The van der Waals surface area contributed by atoms with E-state index >= 15 is 0 Å². The largest absolute Gasteiger partial charge is 0.422 e. The second kappa shape index (κ2) is 4.00.